The van der Waals surface area contributed by atoms with Gasteiger partial charge in [0, 0.05) is 22.2 Å². The molecule has 0 spiro atoms. The maximum absolute atomic E-state index is 8.82. The van der Waals surface area contributed by atoms with Crippen LogP contribution in [0.15, 0.2) is 0 Å². The molecule has 0 unspecified atom stereocenters. The second-order valence-electron chi connectivity index (χ2n) is 0.167. The normalized spacial score (nSPS) is 3.00. The van der Waals surface area contributed by atoms with Crippen LogP contribution in [0.1, 0.15) is 0 Å². The first-order chi connectivity index (χ1) is 1.41. The number of rotatable bonds is 0. The Morgan fingerprint density at radius 2 is 1.75 bits per heavy atom. The maximum Gasteiger partial charge on any atom is 0.280 e. The minimum Gasteiger partial charge on any atom is -0.326 e. The molecular weight excluding hydrogens is 111 g/mol. The minimum atomic E-state index is 0. The summed E-state index contributed by atoms with van der Waals surface area (Å²) in [5, 5.41) is 0.778. The van der Waals surface area contributed by atoms with Gasteiger partial charge in [0.25, 0.3) is 16.3 Å². The van der Waals surface area contributed by atoms with Crippen LogP contribution in [-0.4, -0.2) is 21.4 Å². The van der Waals surface area contributed by atoms with Gasteiger partial charge >= 0.3 is 0 Å². The van der Waals surface area contributed by atoms with E-state index >= 15 is 0 Å². The fourth-order valence-electron chi connectivity index (χ4n) is 0. The van der Waals surface area contributed by atoms with Crippen molar-refractivity contribution in [1.82, 2.24) is 0 Å². The predicted octanol–water partition coefficient (Wildman–Crippen LogP) is -0.925. The zero-order chi connectivity index (χ0) is 2.71. The zero-order valence-corrected chi connectivity index (χ0v) is 4.56. The Labute approximate surface area is 43.7 Å². The van der Waals surface area contributed by atoms with E-state index in [1.165, 1.54) is 16.3 Å². The Bertz CT molecular complexity index is 15.5. The molecule has 0 saturated heterocycles. The van der Waals surface area contributed by atoms with Crippen molar-refractivity contribution in [2.24, 2.45) is 0 Å². The standard InChI is InChI=1S/CHO.Al.Fe.H/c1-2;;;/h1H;;;. The molecule has 3 heteroatoms. The third-order valence-corrected chi connectivity index (χ3v) is 0. The summed E-state index contributed by atoms with van der Waals surface area (Å²) >= 11 is 1.29. The van der Waals surface area contributed by atoms with Crippen LogP contribution in [0.3, 0.4) is 0 Å². The van der Waals surface area contributed by atoms with E-state index in [1.54, 1.807) is 0 Å². The molecule has 0 aromatic carbocycles. The van der Waals surface area contributed by atoms with Gasteiger partial charge in [0.1, 0.15) is 0 Å². The number of hydrogen-bond acceptors (Lipinski definition) is 1. The average molecular weight is 113 g/mol. The number of carbonyl (C=O) groups excluding carboxylic acids is 1. The van der Waals surface area contributed by atoms with Crippen molar-refractivity contribution in [3.8, 4) is 0 Å². The molecule has 23 valence electrons. The molecule has 0 saturated carbocycles. The molecule has 4 heavy (non-hydrogen) atoms. The van der Waals surface area contributed by atoms with Gasteiger partial charge in [0.05, 0.1) is 0 Å². The van der Waals surface area contributed by atoms with Gasteiger partial charge in [0.15, 0.2) is 0 Å². The average Bonchev–Trinajstić information content (AvgIpc) is 0.918. The van der Waals surface area contributed by atoms with E-state index in [9.17, 15) is 0 Å². The Hall–Kier alpha value is 0.722. The summed E-state index contributed by atoms with van der Waals surface area (Å²) in [6.45, 7) is 0. The Kier molecular flexibility index (Phi) is 20.5. The number of carbonyl (C=O) groups is 1. The minimum absolute atomic E-state index is 0. The van der Waals surface area contributed by atoms with Crippen molar-refractivity contribution in [1.29, 1.82) is 0 Å². The van der Waals surface area contributed by atoms with Gasteiger partial charge in [-0.1, -0.05) is 0 Å². The molecule has 0 aliphatic carbocycles. The van der Waals surface area contributed by atoms with Crippen LogP contribution in [0.5, 0.6) is 0 Å². The van der Waals surface area contributed by atoms with E-state index in [4.69, 9.17) is 4.79 Å². The van der Waals surface area contributed by atoms with Crippen molar-refractivity contribution in [2.45, 2.75) is 0 Å². The molecule has 0 rings (SSSR count). The summed E-state index contributed by atoms with van der Waals surface area (Å²) < 4.78 is 0. The third-order valence-electron chi connectivity index (χ3n) is 0. The topological polar surface area (TPSA) is 17.1 Å². The van der Waals surface area contributed by atoms with E-state index in [0.29, 0.717) is 0 Å². The van der Waals surface area contributed by atoms with Crippen LogP contribution >= 0.6 is 0 Å². The van der Waals surface area contributed by atoms with Crippen molar-refractivity contribution in [3.05, 3.63) is 0 Å². The van der Waals surface area contributed by atoms with Gasteiger partial charge in [-0.2, -0.15) is 0 Å². The molecule has 0 N–H and O–H groups in total. The molecule has 0 heterocycles. The van der Waals surface area contributed by atoms with Crippen molar-refractivity contribution >= 4 is 21.4 Å². The third kappa shape index (κ3) is 15.5. The Balaban J connectivity index is 0. The first-order valence-corrected chi connectivity index (χ1v) is 1.46. The van der Waals surface area contributed by atoms with E-state index in [-0.39, 0.29) is 17.1 Å². The van der Waals surface area contributed by atoms with E-state index in [0.717, 1.165) is 5.15 Å². The summed E-state index contributed by atoms with van der Waals surface area (Å²) in [6, 6.07) is 0. The van der Waals surface area contributed by atoms with Crippen molar-refractivity contribution in [3.63, 3.8) is 0 Å². The quantitative estimate of drug-likeness (QED) is 0.293. The van der Waals surface area contributed by atoms with Crippen LogP contribution < -0.4 is 0 Å². The zero-order valence-electron chi connectivity index (χ0n) is 2.05. The summed E-state index contributed by atoms with van der Waals surface area (Å²) in [7, 11) is 0. The molecule has 0 atom stereocenters. The number of hydrogen-bond donors (Lipinski definition) is 0. The van der Waals surface area contributed by atoms with Crippen LogP contribution in [0.25, 0.3) is 0 Å². The summed E-state index contributed by atoms with van der Waals surface area (Å²) in [5.74, 6) is 0. The second-order valence-corrected chi connectivity index (χ2v) is 0.500. The molecule has 0 bridgehead atoms. The SMILES string of the molecule is O=[CH][AlH].[Fe]. The Morgan fingerprint density at radius 1 is 1.75 bits per heavy atom. The maximum atomic E-state index is 8.82. The summed E-state index contributed by atoms with van der Waals surface area (Å²) in [4.78, 5) is 8.82. The molecule has 1 radical (unpaired) electrons. The predicted molar refractivity (Wildman–Crippen MR) is 13.9 cm³/mol. The Morgan fingerprint density at radius 3 is 1.75 bits per heavy atom. The van der Waals surface area contributed by atoms with Crippen molar-refractivity contribution in [2.75, 3.05) is 0 Å². The first-order valence-electron chi connectivity index (χ1n) is 0.644. The van der Waals surface area contributed by atoms with Crippen LogP contribution in [0.4, 0.5) is 0 Å². The fourth-order valence-corrected chi connectivity index (χ4v) is 0. The van der Waals surface area contributed by atoms with Gasteiger partial charge in [0.2, 0.25) is 0 Å². The molecule has 0 aliphatic heterocycles. The van der Waals surface area contributed by atoms with E-state index in [2.05, 4.69) is 0 Å². The molecule has 0 amide bonds. The first kappa shape index (κ1) is 8.83. The molecule has 0 fully saturated rings. The van der Waals surface area contributed by atoms with Gasteiger partial charge in [-0.05, 0) is 0 Å². The van der Waals surface area contributed by atoms with Crippen LogP contribution in [0, 0.1) is 0 Å². The monoisotopic (exact) mass is 113 g/mol. The van der Waals surface area contributed by atoms with Gasteiger partial charge in [-0.25, -0.2) is 0 Å². The largest absolute Gasteiger partial charge is 0.326 e. The van der Waals surface area contributed by atoms with Gasteiger partial charge in [-0.15, -0.1) is 0 Å². The van der Waals surface area contributed by atoms with E-state index < -0.39 is 0 Å². The molecular formula is CH2AlFeO. The smallest absolute Gasteiger partial charge is 0.280 e. The molecule has 0 aliphatic rings. The van der Waals surface area contributed by atoms with Crippen LogP contribution in [-0.2, 0) is 21.9 Å². The molecule has 1 nitrogen and oxygen atoms in total. The summed E-state index contributed by atoms with van der Waals surface area (Å²) in [5.41, 5.74) is 0. The fraction of sp³-hybridized carbons (Fsp3) is 0. The summed E-state index contributed by atoms with van der Waals surface area (Å²) in [6.07, 6.45) is 0. The van der Waals surface area contributed by atoms with Gasteiger partial charge in [-0.3, -0.25) is 0 Å². The van der Waals surface area contributed by atoms with E-state index in [1.807, 2.05) is 0 Å². The van der Waals surface area contributed by atoms with Gasteiger partial charge < -0.3 is 4.79 Å². The molecule has 0 aromatic heterocycles. The van der Waals surface area contributed by atoms with Crippen molar-refractivity contribution < 1.29 is 21.9 Å². The second kappa shape index (κ2) is 9.30. The van der Waals surface area contributed by atoms with Crippen LogP contribution in [0.2, 0.25) is 0 Å². The molecule has 0 aromatic rings.